The lowest BCUT2D eigenvalue weighted by atomic mass is 9.59. The summed E-state index contributed by atoms with van der Waals surface area (Å²) in [6.45, 7) is 22.6. The number of hydrogen-bond donors (Lipinski definition) is 0. The van der Waals surface area contributed by atoms with Crippen molar-refractivity contribution in [1.29, 1.82) is 5.26 Å². The van der Waals surface area contributed by atoms with Crippen LogP contribution in [0.3, 0.4) is 0 Å². The van der Waals surface area contributed by atoms with Crippen molar-refractivity contribution >= 4 is 81.9 Å². The summed E-state index contributed by atoms with van der Waals surface area (Å²) >= 11 is 0. The van der Waals surface area contributed by atoms with Crippen LogP contribution in [0.1, 0.15) is 151 Å². The van der Waals surface area contributed by atoms with Crippen LogP contribution in [0.25, 0.3) is 81.0 Å². The van der Waals surface area contributed by atoms with Crippen LogP contribution < -0.4 is 0 Å². The predicted molar refractivity (Wildman–Crippen MR) is 294 cm³/mol. The highest BCUT2D eigenvalue weighted by atomic mass is 14.9. The maximum atomic E-state index is 11.4. The summed E-state index contributed by atoms with van der Waals surface area (Å²) in [6, 6.07) is 52.6. The fourth-order valence-electron chi connectivity index (χ4n) is 15.1. The monoisotopic (exact) mass is 920 g/mol. The van der Waals surface area contributed by atoms with Gasteiger partial charge in [-0.15, -0.1) is 0 Å². The second-order valence-corrected chi connectivity index (χ2v) is 23.4. The molecule has 0 amide bonds. The van der Waals surface area contributed by atoms with Gasteiger partial charge in [0, 0.05) is 72.3 Å². The zero-order valence-electron chi connectivity index (χ0n) is 42.8. The first-order valence-corrected chi connectivity index (χ1v) is 25.5. The summed E-state index contributed by atoms with van der Waals surface area (Å²) in [4.78, 5) is 4.34. The van der Waals surface area contributed by atoms with Crippen LogP contribution in [0.2, 0.25) is 0 Å². The molecule has 0 N–H and O–H groups in total. The fraction of sp³-hybridized carbons (Fsp3) is 0.176. The molecule has 9 aromatic carbocycles. The zero-order valence-corrected chi connectivity index (χ0v) is 40.8. The van der Waals surface area contributed by atoms with E-state index in [4.69, 9.17) is 6.57 Å². The van der Waals surface area contributed by atoms with Gasteiger partial charge < -0.3 is 8.80 Å². The average Bonchev–Trinajstić information content (AvgIpc) is 4.15. The van der Waals surface area contributed by atoms with Crippen molar-refractivity contribution in [3.8, 4) is 6.07 Å². The Morgan fingerprint density at radius 1 is 0.458 bits per heavy atom. The molecule has 0 fully saturated rings. The van der Waals surface area contributed by atoms with Gasteiger partial charge in [0.2, 0.25) is 0 Å². The normalized spacial score (nSPS) is 18.8. The largest absolute Gasteiger partial charge is 0.309 e. The van der Waals surface area contributed by atoms with Gasteiger partial charge in [0.25, 0.3) is 0 Å². The Morgan fingerprint density at radius 2 is 0.806 bits per heavy atom. The van der Waals surface area contributed by atoms with E-state index < -0.39 is 0 Å². The summed E-state index contributed by atoms with van der Waals surface area (Å²) in [5, 5.41) is 20.2. The molecule has 0 aliphatic heterocycles. The molecule has 4 aromatic heterocycles. The molecule has 4 heteroatoms. The average molecular weight is 921 g/mol. The van der Waals surface area contributed by atoms with Crippen LogP contribution in [0.15, 0.2) is 146 Å². The van der Waals surface area contributed by atoms with E-state index in [-0.39, 0.29) is 46.6 Å². The first-order valence-electron chi connectivity index (χ1n) is 26.5. The molecule has 4 bridgehead atoms. The quantitative estimate of drug-likeness (QED) is 0.140. The van der Waals surface area contributed by atoms with Gasteiger partial charge in [0.15, 0.2) is 5.69 Å². The minimum Gasteiger partial charge on any atom is -0.309 e. The van der Waals surface area contributed by atoms with Gasteiger partial charge in [-0.05, 0) is 137 Å². The standard InChI is InChI=1S/C68H46N4/c1-67(2,3)34-25-46-44-30-52-45(29-51(44)71-53-24-33(32-69)55-56-36-16-8-12-20-40(36)58(41-21-13-9-17-37(41)56)63(55)60(53)48(27-34)65(46)71)47-26-35(68(4,5)6)28-49-61-54(72(52)66(47)49)31-50(70-7)62-57-38-18-10-14-22-42(38)59(64(61)62)43-23-15-11-19-39(43)57/h8-31,56-59H,1-6H3/i24D,31D. The van der Waals surface area contributed by atoms with Crippen molar-refractivity contribution in [1.82, 2.24) is 8.80 Å². The Labute approximate surface area is 419 Å². The van der Waals surface area contributed by atoms with Gasteiger partial charge in [-0.2, -0.15) is 5.26 Å². The van der Waals surface area contributed by atoms with E-state index in [1.165, 1.54) is 66.8 Å². The first kappa shape index (κ1) is 37.4. The molecule has 4 nitrogen and oxygen atoms in total. The third kappa shape index (κ3) is 4.36. The summed E-state index contributed by atoms with van der Waals surface area (Å²) in [5.74, 6) is -0.464. The molecular formula is C68H46N4. The Hall–Kier alpha value is -8.44. The minimum atomic E-state index is -0.207. The maximum Gasteiger partial charge on any atom is 0.193 e. The minimum absolute atomic E-state index is 0.0846. The smallest absolute Gasteiger partial charge is 0.193 e. The van der Waals surface area contributed by atoms with Crippen molar-refractivity contribution in [3.63, 3.8) is 0 Å². The van der Waals surface area contributed by atoms with Crippen LogP contribution in [-0.4, -0.2) is 8.80 Å². The lowest BCUT2D eigenvalue weighted by molar-refractivity contribution is 0.591. The van der Waals surface area contributed by atoms with E-state index in [0.717, 1.165) is 87.3 Å². The highest BCUT2D eigenvalue weighted by Crippen LogP contribution is 2.63. The number of benzene rings is 9. The molecule has 4 heterocycles. The van der Waals surface area contributed by atoms with Gasteiger partial charge in [-0.3, -0.25) is 0 Å². The highest BCUT2D eigenvalue weighted by Gasteiger charge is 2.46. The molecular weight excluding hydrogens is 873 g/mol. The fourth-order valence-corrected chi connectivity index (χ4v) is 15.1. The topological polar surface area (TPSA) is 37.0 Å². The zero-order chi connectivity index (χ0) is 49.9. The van der Waals surface area contributed by atoms with E-state index in [0.29, 0.717) is 11.3 Å². The summed E-state index contributed by atoms with van der Waals surface area (Å²) in [6.07, 6.45) is 0. The number of aromatic nitrogens is 2. The number of nitriles is 1. The highest BCUT2D eigenvalue weighted by molar-refractivity contribution is 6.30. The summed E-state index contributed by atoms with van der Waals surface area (Å²) < 4.78 is 25.4. The molecule has 0 saturated heterocycles. The number of hydrogen-bond acceptors (Lipinski definition) is 1. The van der Waals surface area contributed by atoms with E-state index in [9.17, 15) is 8.00 Å². The van der Waals surface area contributed by atoms with Crippen molar-refractivity contribution in [2.75, 3.05) is 0 Å². The second-order valence-electron chi connectivity index (χ2n) is 23.4. The molecule has 0 unspecified atom stereocenters. The summed E-state index contributed by atoms with van der Waals surface area (Å²) in [7, 11) is 0. The molecule has 0 saturated carbocycles. The second kappa shape index (κ2) is 12.5. The molecule has 0 atom stereocenters. The first-order chi connectivity index (χ1) is 35.8. The van der Waals surface area contributed by atoms with Crippen LogP contribution >= 0.6 is 0 Å². The van der Waals surface area contributed by atoms with Crippen LogP contribution in [-0.2, 0) is 10.8 Å². The SMILES string of the molecule is [2H]c1c(C#N)c2c(c3c4cc(C(C)(C)C)cc5c6cc7c(cc6n(c13)c54)c1cc(C(C)(C)C)cc3c4c5c(c([N+]#[C-])c([2H])c4n7c13)C1c3ccccc3C5c3ccccc31)C1c3ccccc3C2c2ccccc21. The Kier molecular flexibility index (Phi) is 6.51. The Balaban J connectivity index is 1.06. The summed E-state index contributed by atoms with van der Waals surface area (Å²) in [5.41, 5.74) is 23.1. The lowest BCUT2D eigenvalue weighted by Gasteiger charge is -2.43. The third-order valence-corrected chi connectivity index (χ3v) is 18.0. The van der Waals surface area contributed by atoms with Gasteiger partial charge in [-0.25, -0.2) is 4.85 Å². The third-order valence-electron chi connectivity index (χ3n) is 18.0. The van der Waals surface area contributed by atoms with Gasteiger partial charge in [0.1, 0.15) is 0 Å². The van der Waals surface area contributed by atoms with E-state index in [1.54, 1.807) is 0 Å². The molecule has 6 aliphatic carbocycles. The van der Waals surface area contributed by atoms with Gasteiger partial charge >= 0.3 is 0 Å². The van der Waals surface area contributed by atoms with Crippen molar-refractivity contribution in [2.24, 2.45) is 0 Å². The molecule has 0 radical (unpaired) electrons. The molecule has 0 spiro atoms. The number of fused-ring (bicyclic) bond motifs is 12. The molecule has 13 aromatic rings. The lowest BCUT2D eigenvalue weighted by Crippen LogP contribution is -2.28. The van der Waals surface area contributed by atoms with Crippen molar-refractivity contribution in [2.45, 2.75) is 76.0 Å². The van der Waals surface area contributed by atoms with Crippen molar-refractivity contribution in [3.05, 3.63) is 240 Å². The molecule has 72 heavy (non-hydrogen) atoms. The predicted octanol–water partition coefficient (Wildman–Crippen LogP) is 17.0. The Bertz CT molecular complexity index is 4530. The number of nitrogens with zero attached hydrogens (tertiary/aromatic N) is 4. The Morgan fingerprint density at radius 3 is 1.18 bits per heavy atom. The molecule has 19 rings (SSSR count). The van der Waals surface area contributed by atoms with Crippen LogP contribution in [0, 0.1) is 17.9 Å². The van der Waals surface area contributed by atoms with Gasteiger partial charge in [-0.1, -0.05) is 139 Å². The van der Waals surface area contributed by atoms with E-state index >= 15 is 0 Å². The maximum absolute atomic E-state index is 11.4. The van der Waals surface area contributed by atoms with E-state index in [1.807, 2.05) is 0 Å². The van der Waals surface area contributed by atoms with Crippen LogP contribution in [0.5, 0.6) is 0 Å². The van der Waals surface area contributed by atoms with Crippen molar-refractivity contribution < 1.29 is 2.74 Å². The number of rotatable bonds is 0. The molecule has 6 aliphatic rings. The molecule has 338 valence electrons. The van der Waals surface area contributed by atoms with E-state index in [2.05, 4.69) is 195 Å². The van der Waals surface area contributed by atoms with Crippen LogP contribution in [0.4, 0.5) is 5.69 Å². The van der Waals surface area contributed by atoms with Gasteiger partial charge in [0.05, 0.1) is 48.5 Å².